The molecule has 9 heteroatoms. The number of nitrogens with zero attached hydrogens (tertiary/aromatic N) is 2. The third-order valence-electron chi connectivity index (χ3n) is 4.07. The Labute approximate surface area is 181 Å². The quantitative estimate of drug-likeness (QED) is 0.214. The Morgan fingerprint density at radius 1 is 1.15 bits per heavy atom. The molecule has 0 saturated carbocycles. The summed E-state index contributed by atoms with van der Waals surface area (Å²) in [6.45, 7) is 15.4. The van der Waals surface area contributed by atoms with Crippen LogP contribution in [0.15, 0.2) is 4.99 Å². The van der Waals surface area contributed by atoms with Gasteiger partial charge in [0.2, 0.25) is 0 Å². The summed E-state index contributed by atoms with van der Waals surface area (Å²) in [5.74, 6) is 1.27. The molecule has 1 heterocycles. The lowest BCUT2D eigenvalue weighted by Gasteiger charge is -2.37. The minimum Gasteiger partial charge on any atom is -0.444 e. The molecular formula is C18H38IN5O3. The second-order valence-corrected chi connectivity index (χ2v) is 7.77. The molecule has 1 atom stereocenters. The van der Waals surface area contributed by atoms with E-state index in [4.69, 9.17) is 9.47 Å². The Balaban J connectivity index is 0.00000676. The summed E-state index contributed by atoms with van der Waals surface area (Å²) in [6, 6.07) is 0.428. The van der Waals surface area contributed by atoms with Crippen molar-refractivity contribution in [2.24, 2.45) is 10.9 Å². The zero-order valence-corrected chi connectivity index (χ0v) is 20.0. The number of amides is 1. The fourth-order valence-corrected chi connectivity index (χ4v) is 2.78. The predicted molar refractivity (Wildman–Crippen MR) is 120 cm³/mol. The number of alkyl carbamates (subject to hydrolysis) is 1. The summed E-state index contributed by atoms with van der Waals surface area (Å²) in [5.41, 5.74) is -0.486. The lowest BCUT2D eigenvalue weighted by molar-refractivity contribution is 0.00752. The monoisotopic (exact) mass is 499 g/mol. The van der Waals surface area contributed by atoms with Gasteiger partial charge < -0.3 is 25.4 Å². The number of hydrogen-bond acceptors (Lipinski definition) is 5. The second-order valence-electron chi connectivity index (χ2n) is 7.77. The standard InChI is InChI=1S/C18H37N5O3.HI/c1-14(2)15(23-9-11-25-12-10-23)13-22-16(19-6)20-7-8-21-17(24)26-18(3,4)5;/h14-15H,7-13H2,1-6H3,(H,21,24)(H2,19,20,22);1H. The van der Waals surface area contributed by atoms with E-state index in [9.17, 15) is 4.79 Å². The first-order valence-electron chi connectivity index (χ1n) is 9.46. The summed E-state index contributed by atoms with van der Waals surface area (Å²) >= 11 is 0. The maximum Gasteiger partial charge on any atom is 0.407 e. The molecule has 1 amide bonds. The fraction of sp³-hybridized carbons (Fsp3) is 0.889. The third kappa shape index (κ3) is 11.6. The number of carbonyl (C=O) groups excluding carboxylic acids is 1. The molecule has 0 bridgehead atoms. The first-order valence-corrected chi connectivity index (χ1v) is 9.46. The van der Waals surface area contributed by atoms with Gasteiger partial charge in [-0.25, -0.2) is 4.79 Å². The van der Waals surface area contributed by atoms with Crippen molar-refractivity contribution in [2.45, 2.75) is 46.3 Å². The third-order valence-corrected chi connectivity index (χ3v) is 4.07. The lowest BCUT2D eigenvalue weighted by atomic mass is 10.0. The van der Waals surface area contributed by atoms with Gasteiger partial charge in [-0.1, -0.05) is 13.8 Å². The predicted octanol–water partition coefficient (Wildman–Crippen LogP) is 1.65. The van der Waals surface area contributed by atoms with Gasteiger partial charge >= 0.3 is 6.09 Å². The molecule has 0 aromatic heterocycles. The van der Waals surface area contributed by atoms with Gasteiger partial charge in [0.05, 0.1) is 13.2 Å². The van der Waals surface area contributed by atoms with Crippen molar-refractivity contribution in [3.05, 3.63) is 0 Å². The van der Waals surface area contributed by atoms with E-state index < -0.39 is 11.7 Å². The van der Waals surface area contributed by atoms with Crippen LogP contribution in [-0.4, -0.2) is 81.6 Å². The summed E-state index contributed by atoms with van der Waals surface area (Å²) < 4.78 is 10.7. The van der Waals surface area contributed by atoms with E-state index in [0.717, 1.165) is 38.8 Å². The van der Waals surface area contributed by atoms with E-state index in [0.29, 0.717) is 25.0 Å². The smallest absolute Gasteiger partial charge is 0.407 e. The molecule has 1 aliphatic heterocycles. The SMILES string of the molecule is CN=C(NCCNC(=O)OC(C)(C)C)NCC(C(C)C)N1CCOCC1.I. The van der Waals surface area contributed by atoms with Gasteiger partial charge in [-0.05, 0) is 26.7 Å². The van der Waals surface area contributed by atoms with Gasteiger partial charge in [0.15, 0.2) is 5.96 Å². The van der Waals surface area contributed by atoms with Crippen LogP contribution >= 0.6 is 24.0 Å². The van der Waals surface area contributed by atoms with Crippen molar-refractivity contribution in [1.82, 2.24) is 20.9 Å². The second kappa shape index (κ2) is 13.4. The zero-order chi connectivity index (χ0) is 19.6. The van der Waals surface area contributed by atoms with Crippen LogP contribution in [0.2, 0.25) is 0 Å². The van der Waals surface area contributed by atoms with E-state index in [2.05, 4.69) is 39.7 Å². The Morgan fingerprint density at radius 3 is 2.26 bits per heavy atom. The summed E-state index contributed by atoms with van der Waals surface area (Å²) in [7, 11) is 1.75. The molecule has 8 nitrogen and oxygen atoms in total. The van der Waals surface area contributed by atoms with Gasteiger partial charge in [0.25, 0.3) is 0 Å². The summed E-state index contributed by atoms with van der Waals surface area (Å²) in [4.78, 5) is 18.3. The number of rotatable bonds is 7. The van der Waals surface area contributed by atoms with Crippen LogP contribution in [0.5, 0.6) is 0 Å². The maximum atomic E-state index is 11.6. The summed E-state index contributed by atoms with van der Waals surface area (Å²) in [6.07, 6.45) is -0.408. The van der Waals surface area contributed by atoms with E-state index in [-0.39, 0.29) is 24.0 Å². The van der Waals surface area contributed by atoms with Crippen molar-refractivity contribution < 1.29 is 14.3 Å². The minimum absolute atomic E-state index is 0. The Bertz CT molecular complexity index is 449. The summed E-state index contributed by atoms with van der Waals surface area (Å²) in [5, 5.41) is 9.32. The molecule has 0 radical (unpaired) electrons. The van der Waals surface area contributed by atoms with E-state index in [1.165, 1.54) is 0 Å². The first kappa shape index (κ1) is 26.2. The normalized spacial score (nSPS) is 17.1. The van der Waals surface area contributed by atoms with Crippen LogP contribution in [0.25, 0.3) is 0 Å². The van der Waals surface area contributed by atoms with Crippen LogP contribution in [0.3, 0.4) is 0 Å². The first-order chi connectivity index (χ1) is 12.2. The number of carbonyl (C=O) groups is 1. The highest BCUT2D eigenvalue weighted by Gasteiger charge is 2.23. The Morgan fingerprint density at radius 2 is 1.74 bits per heavy atom. The average Bonchev–Trinajstić information content (AvgIpc) is 2.56. The zero-order valence-electron chi connectivity index (χ0n) is 17.6. The molecule has 0 aliphatic carbocycles. The van der Waals surface area contributed by atoms with Crippen LogP contribution in [0, 0.1) is 5.92 Å². The maximum absolute atomic E-state index is 11.6. The lowest BCUT2D eigenvalue weighted by Crippen LogP contribution is -2.53. The van der Waals surface area contributed by atoms with Gasteiger partial charge in [-0.15, -0.1) is 24.0 Å². The number of morpholine rings is 1. The van der Waals surface area contributed by atoms with Crippen molar-refractivity contribution >= 4 is 36.0 Å². The number of hydrogen-bond donors (Lipinski definition) is 3. The molecule has 0 aromatic carbocycles. The Hall–Kier alpha value is -0.810. The molecule has 1 rings (SSSR count). The molecule has 1 aliphatic rings. The van der Waals surface area contributed by atoms with Crippen LogP contribution in [-0.2, 0) is 9.47 Å². The van der Waals surface area contributed by atoms with Gasteiger partial charge in [0, 0.05) is 45.8 Å². The number of halogens is 1. The van der Waals surface area contributed by atoms with Gasteiger partial charge in [-0.3, -0.25) is 9.89 Å². The molecule has 27 heavy (non-hydrogen) atoms. The van der Waals surface area contributed by atoms with Gasteiger partial charge in [0.1, 0.15) is 5.60 Å². The highest BCUT2D eigenvalue weighted by Crippen LogP contribution is 2.12. The van der Waals surface area contributed by atoms with Crippen LogP contribution in [0.1, 0.15) is 34.6 Å². The molecule has 1 unspecified atom stereocenters. The van der Waals surface area contributed by atoms with Crippen LogP contribution < -0.4 is 16.0 Å². The molecule has 0 aromatic rings. The van der Waals surface area contributed by atoms with Crippen LogP contribution in [0.4, 0.5) is 4.79 Å². The van der Waals surface area contributed by atoms with E-state index in [1.807, 2.05) is 20.8 Å². The average molecular weight is 499 g/mol. The molecular weight excluding hydrogens is 461 g/mol. The topological polar surface area (TPSA) is 87.2 Å². The number of ether oxygens (including phenoxy) is 2. The number of aliphatic imine (C=N–C) groups is 1. The van der Waals surface area contributed by atoms with E-state index >= 15 is 0 Å². The molecule has 1 saturated heterocycles. The van der Waals surface area contributed by atoms with Crippen molar-refractivity contribution in [3.63, 3.8) is 0 Å². The fourth-order valence-electron chi connectivity index (χ4n) is 2.78. The minimum atomic E-state index is -0.486. The van der Waals surface area contributed by atoms with Crippen molar-refractivity contribution in [1.29, 1.82) is 0 Å². The Kier molecular flexibility index (Phi) is 13.0. The molecule has 1 fully saturated rings. The number of nitrogens with one attached hydrogen (secondary N) is 3. The van der Waals surface area contributed by atoms with Crippen molar-refractivity contribution in [3.8, 4) is 0 Å². The van der Waals surface area contributed by atoms with E-state index in [1.54, 1.807) is 7.05 Å². The molecule has 160 valence electrons. The largest absolute Gasteiger partial charge is 0.444 e. The highest BCUT2D eigenvalue weighted by molar-refractivity contribution is 14.0. The molecule has 3 N–H and O–H groups in total. The number of guanidine groups is 1. The highest BCUT2D eigenvalue weighted by atomic mass is 127. The molecule has 0 spiro atoms. The van der Waals surface area contributed by atoms with Crippen molar-refractivity contribution in [2.75, 3.05) is 53.0 Å². The van der Waals surface area contributed by atoms with Gasteiger partial charge in [-0.2, -0.15) is 0 Å².